The van der Waals surface area contributed by atoms with Gasteiger partial charge in [0.25, 0.3) is 0 Å². The molecular formula is C16H18N6O. The number of benzene rings is 1. The lowest BCUT2D eigenvalue weighted by molar-refractivity contribution is 0.0269. The largest absolute Gasteiger partial charge is 0.373 e. The molecule has 1 atom stereocenters. The van der Waals surface area contributed by atoms with E-state index in [-0.39, 0.29) is 6.10 Å². The van der Waals surface area contributed by atoms with Gasteiger partial charge in [-0.15, -0.1) is 5.10 Å². The van der Waals surface area contributed by atoms with Gasteiger partial charge >= 0.3 is 0 Å². The Kier molecular flexibility index (Phi) is 3.63. The second-order valence-corrected chi connectivity index (χ2v) is 5.78. The number of fused-ring (bicyclic) bond motifs is 1. The number of aromatic nitrogens is 5. The molecule has 1 unspecified atom stereocenters. The summed E-state index contributed by atoms with van der Waals surface area (Å²) in [5, 5.41) is 8.94. The third kappa shape index (κ3) is 2.87. The van der Waals surface area contributed by atoms with Gasteiger partial charge in [-0.3, -0.25) is 0 Å². The third-order valence-corrected chi connectivity index (χ3v) is 4.07. The van der Waals surface area contributed by atoms with Gasteiger partial charge < -0.3 is 9.64 Å². The Morgan fingerprint density at radius 3 is 3.13 bits per heavy atom. The van der Waals surface area contributed by atoms with Crippen LogP contribution < -0.4 is 4.90 Å². The van der Waals surface area contributed by atoms with E-state index in [9.17, 15) is 0 Å². The number of anilines is 1. The topological polar surface area (TPSA) is 69.0 Å². The van der Waals surface area contributed by atoms with Gasteiger partial charge in [-0.25, -0.2) is 14.6 Å². The fourth-order valence-electron chi connectivity index (χ4n) is 2.97. The van der Waals surface area contributed by atoms with Crippen molar-refractivity contribution >= 4 is 16.7 Å². The van der Waals surface area contributed by atoms with Crippen molar-refractivity contribution in [3.63, 3.8) is 0 Å². The molecule has 3 aromatic rings. The molecule has 1 aromatic carbocycles. The average Bonchev–Trinajstić information content (AvgIpc) is 3.07. The van der Waals surface area contributed by atoms with Crippen LogP contribution in [-0.2, 0) is 11.3 Å². The zero-order chi connectivity index (χ0) is 15.6. The van der Waals surface area contributed by atoms with Crippen molar-refractivity contribution in [1.82, 2.24) is 25.0 Å². The quantitative estimate of drug-likeness (QED) is 0.729. The van der Waals surface area contributed by atoms with E-state index < -0.39 is 0 Å². The monoisotopic (exact) mass is 310 g/mol. The first-order valence-electron chi connectivity index (χ1n) is 7.71. The molecule has 0 aliphatic carbocycles. The van der Waals surface area contributed by atoms with Crippen molar-refractivity contribution in [1.29, 1.82) is 0 Å². The fourth-order valence-corrected chi connectivity index (χ4v) is 2.97. The number of nitrogens with zero attached hydrogens (tertiary/aromatic N) is 6. The molecule has 0 spiro atoms. The summed E-state index contributed by atoms with van der Waals surface area (Å²) in [5.41, 5.74) is 2.18. The Morgan fingerprint density at radius 1 is 1.30 bits per heavy atom. The van der Waals surface area contributed by atoms with Crippen molar-refractivity contribution in [3.8, 4) is 0 Å². The third-order valence-electron chi connectivity index (χ3n) is 4.07. The highest BCUT2D eigenvalue weighted by Gasteiger charge is 2.23. The molecule has 0 N–H and O–H groups in total. The summed E-state index contributed by atoms with van der Waals surface area (Å²) in [5.74, 6) is 0.977. The molecule has 1 aliphatic heterocycles. The molecule has 4 rings (SSSR count). The minimum absolute atomic E-state index is 0.0697. The predicted molar refractivity (Wildman–Crippen MR) is 86.3 cm³/mol. The van der Waals surface area contributed by atoms with Gasteiger partial charge in [0.2, 0.25) is 0 Å². The van der Waals surface area contributed by atoms with Gasteiger partial charge in [-0.05, 0) is 19.1 Å². The van der Waals surface area contributed by atoms with Crippen molar-refractivity contribution in [2.75, 3.05) is 24.6 Å². The Hall–Kier alpha value is -2.54. The van der Waals surface area contributed by atoms with Crippen LogP contribution in [-0.4, -0.2) is 50.8 Å². The SMILES string of the molecule is Cc1ccc2ncnc(N3CCOC(Cn4ccnn4)C3)c2c1. The Bertz CT molecular complexity index is 803. The molecule has 1 saturated heterocycles. The van der Waals surface area contributed by atoms with Crippen LogP contribution in [0.1, 0.15) is 5.56 Å². The van der Waals surface area contributed by atoms with E-state index in [0.717, 1.165) is 29.8 Å². The zero-order valence-electron chi connectivity index (χ0n) is 13.0. The number of hydrogen-bond acceptors (Lipinski definition) is 6. The van der Waals surface area contributed by atoms with Crippen molar-refractivity contribution in [3.05, 3.63) is 42.5 Å². The molecule has 1 fully saturated rings. The molecule has 118 valence electrons. The van der Waals surface area contributed by atoms with E-state index >= 15 is 0 Å². The van der Waals surface area contributed by atoms with Gasteiger partial charge in [0.05, 0.1) is 31.0 Å². The second-order valence-electron chi connectivity index (χ2n) is 5.78. The maximum Gasteiger partial charge on any atom is 0.140 e. The molecule has 3 heterocycles. The lowest BCUT2D eigenvalue weighted by Gasteiger charge is -2.34. The smallest absolute Gasteiger partial charge is 0.140 e. The van der Waals surface area contributed by atoms with Crippen LogP contribution in [0.4, 0.5) is 5.82 Å². The number of rotatable bonds is 3. The fraction of sp³-hybridized carbons (Fsp3) is 0.375. The number of aryl methyl sites for hydroxylation is 1. The summed E-state index contributed by atoms with van der Waals surface area (Å²) in [6.07, 6.45) is 5.24. The number of morpholine rings is 1. The highest BCUT2D eigenvalue weighted by atomic mass is 16.5. The second kappa shape index (κ2) is 5.92. The summed E-state index contributed by atoms with van der Waals surface area (Å²) in [6, 6.07) is 6.27. The van der Waals surface area contributed by atoms with Crippen LogP contribution in [0.5, 0.6) is 0 Å². The van der Waals surface area contributed by atoms with Crippen LogP contribution in [0.25, 0.3) is 10.9 Å². The van der Waals surface area contributed by atoms with Gasteiger partial charge in [-0.2, -0.15) is 0 Å². The van der Waals surface area contributed by atoms with E-state index in [2.05, 4.69) is 44.2 Å². The molecule has 7 nitrogen and oxygen atoms in total. The van der Waals surface area contributed by atoms with Crippen molar-refractivity contribution in [2.45, 2.75) is 19.6 Å². The van der Waals surface area contributed by atoms with Crippen LogP contribution in [0.2, 0.25) is 0 Å². The van der Waals surface area contributed by atoms with Crippen molar-refractivity contribution < 1.29 is 4.74 Å². The molecule has 0 radical (unpaired) electrons. The Labute approximate surface area is 133 Å². The molecule has 7 heteroatoms. The lowest BCUT2D eigenvalue weighted by Crippen LogP contribution is -2.44. The van der Waals surface area contributed by atoms with Gasteiger partial charge in [0, 0.05) is 24.7 Å². The standard InChI is InChI=1S/C16H18N6O/c1-12-2-3-15-14(8-12)16(18-11-17-15)21-6-7-23-13(9-21)10-22-5-4-19-20-22/h2-5,8,11,13H,6-7,9-10H2,1H3. The van der Waals surface area contributed by atoms with Crippen LogP contribution >= 0.6 is 0 Å². The molecule has 1 aliphatic rings. The Balaban J connectivity index is 1.61. The Morgan fingerprint density at radius 2 is 2.26 bits per heavy atom. The van der Waals surface area contributed by atoms with Crippen LogP contribution in [0.15, 0.2) is 36.9 Å². The van der Waals surface area contributed by atoms with Gasteiger partial charge in [0.15, 0.2) is 0 Å². The summed E-state index contributed by atoms with van der Waals surface area (Å²) < 4.78 is 7.67. The minimum Gasteiger partial charge on any atom is -0.373 e. The first-order chi connectivity index (χ1) is 11.3. The summed E-state index contributed by atoms with van der Waals surface area (Å²) in [4.78, 5) is 11.2. The van der Waals surface area contributed by atoms with E-state index in [1.807, 2.05) is 12.3 Å². The van der Waals surface area contributed by atoms with Gasteiger partial charge in [0.1, 0.15) is 12.1 Å². The van der Waals surface area contributed by atoms with E-state index in [1.54, 1.807) is 17.2 Å². The van der Waals surface area contributed by atoms with E-state index in [4.69, 9.17) is 4.74 Å². The molecule has 0 saturated carbocycles. The lowest BCUT2D eigenvalue weighted by atomic mass is 10.1. The van der Waals surface area contributed by atoms with E-state index in [0.29, 0.717) is 13.2 Å². The minimum atomic E-state index is 0.0697. The summed E-state index contributed by atoms with van der Waals surface area (Å²) >= 11 is 0. The highest BCUT2D eigenvalue weighted by molar-refractivity contribution is 5.89. The highest BCUT2D eigenvalue weighted by Crippen LogP contribution is 2.25. The first kappa shape index (κ1) is 14.1. The van der Waals surface area contributed by atoms with E-state index in [1.165, 1.54) is 5.56 Å². The molecule has 23 heavy (non-hydrogen) atoms. The zero-order valence-corrected chi connectivity index (χ0v) is 13.0. The normalized spacial score (nSPS) is 18.5. The van der Waals surface area contributed by atoms with Crippen LogP contribution in [0, 0.1) is 6.92 Å². The maximum absolute atomic E-state index is 5.87. The number of hydrogen-bond donors (Lipinski definition) is 0. The maximum atomic E-state index is 5.87. The molecule has 2 aromatic heterocycles. The van der Waals surface area contributed by atoms with Crippen molar-refractivity contribution in [2.24, 2.45) is 0 Å². The predicted octanol–water partition coefficient (Wildman–Crippen LogP) is 1.44. The number of ether oxygens (including phenoxy) is 1. The van der Waals surface area contributed by atoms with Crippen LogP contribution in [0.3, 0.4) is 0 Å². The van der Waals surface area contributed by atoms with Gasteiger partial charge in [-0.1, -0.05) is 16.8 Å². The molecule has 0 bridgehead atoms. The molecular weight excluding hydrogens is 292 g/mol. The first-order valence-corrected chi connectivity index (χ1v) is 7.71. The molecule has 0 amide bonds. The summed E-state index contributed by atoms with van der Waals surface area (Å²) in [7, 11) is 0. The average molecular weight is 310 g/mol. The summed E-state index contributed by atoms with van der Waals surface area (Å²) in [6.45, 7) is 5.06.